The van der Waals surface area contributed by atoms with Crippen LogP contribution in [-0.2, 0) is 13.1 Å². The fourth-order valence-electron chi connectivity index (χ4n) is 4.77. The molecule has 4 aromatic rings. The van der Waals surface area contributed by atoms with Crippen molar-refractivity contribution in [1.82, 2.24) is 19.8 Å². The van der Waals surface area contributed by atoms with Gasteiger partial charge >= 0.3 is 0 Å². The highest BCUT2D eigenvalue weighted by Crippen LogP contribution is 2.41. The Labute approximate surface area is 205 Å². The molecule has 0 amide bonds. The van der Waals surface area contributed by atoms with E-state index in [0.29, 0.717) is 13.1 Å². The van der Waals surface area contributed by atoms with Gasteiger partial charge in [-0.1, -0.05) is 18.2 Å². The zero-order chi connectivity index (χ0) is 23.7. The average Bonchev–Trinajstić information content (AvgIpc) is 3.56. The van der Waals surface area contributed by atoms with E-state index in [-0.39, 0.29) is 12.1 Å². The third-order valence-electron chi connectivity index (χ3n) is 6.54. The molecule has 1 aromatic carbocycles. The Morgan fingerprint density at radius 1 is 1.06 bits per heavy atom. The minimum Gasteiger partial charge on any atom is -0.497 e. The molecule has 5 rings (SSSR count). The van der Waals surface area contributed by atoms with E-state index in [0.717, 1.165) is 22.3 Å². The molecule has 0 spiro atoms. The fraction of sp³-hybridized carbons (Fsp3) is 0.259. The van der Waals surface area contributed by atoms with Gasteiger partial charge in [0, 0.05) is 24.1 Å². The summed E-state index contributed by atoms with van der Waals surface area (Å²) in [4.78, 5) is 6.94. The Balaban J connectivity index is 1.54. The van der Waals surface area contributed by atoms with Crippen LogP contribution in [0.2, 0.25) is 0 Å². The highest BCUT2D eigenvalue weighted by atomic mass is 32.1. The molecule has 34 heavy (non-hydrogen) atoms. The van der Waals surface area contributed by atoms with Gasteiger partial charge in [0.2, 0.25) is 0 Å². The molecule has 6 nitrogen and oxygen atoms in total. The van der Waals surface area contributed by atoms with Crippen molar-refractivity contribution in [2.24, 2.45) is 0 Å². The number of ether oxygens (including phenoxy) is 1. The van der Waals surface area contributed by atoms with E-state index >= 15 is 0 Å². The number of thiocarbonyl (C=S) groups is 1. The standard InChI is InChI=1S/C27H28N4O2S/c1-18-15-23(19(2)30(18)17-22-7-6-14-33-22)26-25(24-8-4-5-13-28-24)29-27(34)31(26)16-20-9-11-21(32-3)12-10-20/h4-15,25-26H,16-17H2,1-3H3,(H,29,34)/t25-,26-/m1/s1. The molecule has 0 unspecified atom stereocenters. The molecular formula is C27H28N4O2S. The normalized spacial score (nSPS) is 17.7. The van der Waals surface area contributed by atoms with E-state index < -0.39 is 0 Å². The fourth-order valence-corrected chi connectivity index (χ4v) is 5.08. The first-order chi connectivity index (χ1) is 16.5. The van der Waals surface area contributed by atoms with Gasteiger partial charge in [-0.25, -0.2) is 0 Å². The summed E-state index contributed by atoms with van der Waals surface area (Å²) in [6, 6.07) is 20.3. The van der Waals surface area contributed by atoms with Gasteiger partial charge in [-0.2, -0.15) is 0 Å². The molecule has 1 aliphatic heterocycles. The highest BCUT2D eigenvalue weighted by molar-refractivity contribution is 7.80. The van der Waals surface area contributed by atoms with Crippen LogP contribution in [0, 0.1) is 13.8 Å². The first-order valence-electron chi connectivity index (χ1n) is 11.3. The topological polar surface area (TPSA) is 55.5 Å². The van der Waals surface area contributed by atoms with Crippen LogP contribution in [0.25, 0.3) is 0 Å². The number of pyridine rings is 1. The second kappa shape index (κ2) is 9.35. The molecule has 7 heteroatoms. The molecule has 174 valence electrons. The van der Waals surface area contributed by atoms with Crippen LogP contribution in [0.15, 0.2) is 77.5 Å². The van der Waals surface area contributed by atoms with Crippen molar-refractivity contribution in [2.45, 2.75) is 39.0 Å². The number of nitrogens with one attached hydrogen (secondary N) is 1. The predicted molar refractivity (Wildman–Crippen MR) is 136 cm³/mol. The van der Waals surface area contributed by atoms with Gasteiger partial charge in [0.05, 0.1) is 37.7 Å². The minimum atomic E-state index is -0.0514. The Bertz CT molecular complexity index is 1270. The van der Waals surface area contributed by atoms with Crippen LogP contribution in [0.1, 0.15) is 46.1 Å². The van der Waals surface area contributed by atoms with Crippen LogP contribution in [0.3, 0.4) is 0 Å². The van der Waals surface area contributed by atoms with Crippen LogP contribution >= 0.6 is 12.2 Å². The van der Waals surface area contributed by atoms with Crippen molar-refractivity contribution in [3.05, 3.63) is 107 Å². The molecular weight excluding hydrogens is 444 g/mol. The van der Waals surface area contributed by atoms with E-state index in [1.165, 1.54) is 22.5 Å². The molecule has 0 saturated carbocycles. The molecule has 1 aliphatic rings. The first-order valence-corrected chi connectivity index (χ1v) is 11.8. The Morgan fingerprint density at radius 3 is 2.56 bits per heavy atom. The van der Waals surface area contributed by atoms with Gasteiger partial charge in [0.15, 0.2) is 5.11 Å². The molecule has 0 aliphatic carbocycles. The molecule has 3 aromatic heterocycles. The zero-order valence-corrected chi connectivity index (χ0v) is 20.4. The third-order valence-corrected chi connectivity index (χ3v) is 6.89. The van der Waals surface area contributed by atoms with Gasteiger partial charge < -0.3 is 23.9 Å². The average molecular weight is 473 g/mol. The maximum absolute atomic E-state index is 5.86. The second-order valence-corrected chi connectivity index (χ2v) is 8.98. The smallest absolute Gasteiger partial charge is 0.170 e. The summed E-state index contributed by atoms with van der Waals surface area (Å²) in [7, 11) is 1.68. The number of furan rings is 1. The number of hydrogen-bond acceptors (Lipinski definition) is 4. The van der Waals surface area contributed by atoms with Gasteiger partial charge in [-0.05, 0) is 79.7 Å². The second-order valence-electron chi connectivity index (χ2n) is 8.59. The van der Waals surface area contributed by atoms with Gasteiger partial charge in [-0.15, -0.1) is 0 Å². The number of aryl methyl sites for hydroxylation is 1. The number of methoxy groups -OCH3 is 1. The van der Waals surface area contributed by atoms with E-state index in [9.17, 15) is 0 Å². The number of nitrogens with zero attached hydrogens (tertiary/aromatic N) is 3. The largest absolute Gasteiger partial charge is 0.497 e. The Kier molecular flexibility index (Phi) is 6.11. The van der Waals surface area contributed by atoms with Gasteiger partial charge in [-0.3, -0.25) is 4.98 Å². The maximum Gasteiger partial charge on any atom is 0.170 e. The van der Waals surface area contributed by atoms with E-state index in [2.05, 4.69) is 57.9 Å². The summed E-state index contributed by atoms with van der Waals surface area (Å²) < 4.78 is 13.3. The summed E-state index contributed by atoms with van der Waals surface area (Å²) in [6.07, 6.45) is 3.56. The maximum atomic E-state index is 5.86. The van der Waals surface area contributed by atoms with Crippen LogP contribution in [0.5, 0.6) is 5.75 Å². The van der Waals surface area contributed by atoms with Crippen molar-refractivity contribution >= 4 is 17.3 Å². The van der Waals surface area contributed by atoms with E-state index in [4.69, 9.17) is 21.4 Å². The van der Waals surface area contributed by atoms with Crippen LogP contribution in [-0.4, -0.2) is 26.7 Å². The SMILES string of the molecule is COc1ccc(CN2C(=S)N[C@H](c3ccccn3)[C@H]2c2cc(C)n(Cc3ccco3)c2C)cc1. The lowest BCUT2D eigenvalue weighted by Gasteiger charge is -2.28. The number of benzene rings is 1. The first kappa shape index (κ1) is 22.2. The van der Waals surface area contributed by atoms with Crippen LogP contribution < -0.4 is 10.1 Å². The zero-order valence-electron chi connectivity index (χ0n) is 19.6. The summed E-state index contributed by atoms with van der Waals surface area (Å²) in [5, 5.41) is 4.28. The number of aromatic nitrogens is 2. The lowest BCUT2D eigenvalue weighted by Crippen LogP contribution is -2.29. The number of rotatable bonds is 7. The Hall–Kier alpha value is -3.58. The van der Waals surface area contributed by atoms with Crippen molar-refractivity contribution in [3.8, 4) is 5.75 Å². The van der Waals surface area contributed by atoms with Crippen molar-refractivity contribution in [2.75, 3.05) is 7.11 Å². The third kappa shape index (κ3) is 4.19. The summed E-state index contributed by atoms with van der Waals surface area (Å²) in [6.45, 7) is 5.70. The van der Waals surface area contributed by atoms with Gasteiger partial charge in [0.1, 0.15) is 11.5 Å². The molecule has 2 atom stereocenters. The minimum absolute atomic E-state index is 0.000975. The molecule has 1 fully saturated rings. The number of hydrogen-bond donors (Lipinski definition) is 1. The lowest BCUT2D eigenvalue weighted by atomic mass is 9.96. The van der Waals surface area contributed by atoms with Crippen molar-refractivity contribution in [3.63, 3.8) is 0 Å². The van der Waals surface area contributed by atoms with E-state index in [1.54, 1.807) is 13.4 Å². The molecule has 1 saturated heterocycles. The quantitative estimate of drug-likeness (QED) is 0.367. The van der Waals surface area contributed by atoms with Crippen molar-refractivity contribution < 1.29 is 9.15 Å². The molecule has 0 bridgehead atoms. The molecule has 4 heterocycles. The monoisotopic (exact) mass is 472 g/mol. The highest BCUT2D eigenvalue weighted by Gasteiger charge is 2.41. The lowest BCUT2D eigenvalue weighted by molar-refractivity contribution is 0.309. The summed E-state index contributed by atoms with van der Waals surface area (Å²) in [5.41, 5.74) is 5.77. The molecule has 0 radical (unpaired) electrons. The van der Waals surface area contributed by atoms with Gasteiger partial charge in [0.25, 0.3) is 0 Å². The van der Waals surface area contributed by atoms with E-state index in [1.807, 2.05) is 42.6 Å². The Morgan fingerprint density at radius 2 is 1.88 bits per heavy atom. The summed E-state index contributed by atoms with van der Waals surface area (Å²) >= 11 is 5.86. The predicted octanol–water partition coefficient (Wildman–Crippen LogP) is 5.32. The summed E-state index contributed by atoms with van der Waals surface area (Å²) in [5.74, 6) is 1.78. The molecule has 1 N–H and O–H groups in total. The van der Waals surface area contributed by atoms with Crippen LogP contribution in [0.4, 0.5) is 0 Å². The van der Waals surface area contributed by atoms with Crippen molar-refractivity contribution in [1.29, 1.82) is 0 Å².